The second kappa shape index (κ2) is 7.90. The third kappa shape index (κ3) is 4.85. The summed E-state index contributed by atoms with van der Waals surface area (Å²) in [5.41, 5.74) is 1.09. The van der Waals surface area contributed by atoms with Crippen molar-refractivity contribution in [3.05, 3.63) is 29.8 Å². The average Bonchev–Trinajstić information content (AvgIpc) is 2.52. The highest BCUT2D eigenvalue weighted by Crippen LogP contribution is 2.19. The zero-order chi connectivity index (χ0) is 14.2. The molecule has 0 unspecified atom stereocenters. The number of hydrogen-bond acceptors (Lipinski definition) is 3. The first-order valence-electron chi connectivity index (χ1n) is 7.25. The summed E-state index contributed by atoms with van der Waals surface area (Å²) < 4.78 is 10.4. The molecule has 1 aliphatic heterocycles. The predicted octanol–water partition coefficient (Wildman–Crippen LogP) is 2.52. The summed E-state index contributed by atoms with van der Waals surface area (Å²) in [6.07, 6.45) is 3.76. The molecule has 4 heteroatoms. The van der Waals surface area contributed by atoms with Gasteiger partial charge in [0.15, 0.2) is 0 Å². The molecule has 4 nitrogen and oxygen atoms in total. The predicted molar refractivity (Wildman–Crippen MR) is 77.6 cm³/mol. The molecule has 0 aromatic heterocycles. The average molecular weight is 277 g/mol. The summed E-state index contributed by atoms with van der Waals surface area (Å²) >= 11 is 0. The molecule has 0 saturated carbocycles. The third-order valence-corrected chi connectivity index (χ3v) is 3.77. The molecule has 1 aromatic carbocycles. The molecule has 0 aliphatic carbocycles. The molecule has 20 heavy (non-hydrogen) atoms. The topological polar surface area (TPSA) is 47.6 Å². The Morgan fingerprint density at radius 1 is 1.30 bits per heavy atom. The SMILES string of the molecule is COc1ccc(CNC(=O)CCC2CCOCC2)cc1. The Morgan fingerprint density at radius 2 is 2.00 bits per heavy atom. The molecule has 0 bridgehead atoms. The van der Waals surface area contributed by atoms with Crippen LogP contribution in [0.15, 0.2) is 24.3 Å². The van der Waals surface area contributed by atoms with E-state index in [2.05, 4.69) is 5.32 Å². The first-order valence-corrected chi connectivity index (χ1v) is 7.25. The smallest absolute Gasteiger partial charge is 0.220 e. The Balaban J connectivity index is 1.66. The number of carbonyl (C=O) groups is 1. The van der Waals surface area contributed by atoms with E-state index in [0.717, 1.165) is 43.8 Å². The van der Waals surface area contributed by atoms with Gasteiger partial charge in [0.25, 0.3) is 0 Å². The standard InChI is InChI=1S/C16H23NO3/c1-19-15-5-2-14(3-6-15)12-17-16(18)7-4-13-8-10-20-11-9-13/h2-3,5-6,13H,4,7-12H2,1H3,(H,17,18). The van der Waals surface area contributed by atoms with Crippen LogP contribution >= 0.6 is 0 Å². The Kier molecular flexibility index (Phi) is 5.87. The van der Waals surface area contributed by atoms with Crippen molar-refractivity contribution in [3.8, 4) is 5.75 Å². The summed E-state index contributed by atoms with van der Waals surface area (Å²) in [6, 6.07) is 7.75. The van der Waals surface area contributed by atoms with E-state index in [1.807, 2.05) is 24.3 Å². The first-order chi connectivity index (χ1) is 9.78. The van der Waals surface area contributed by atoms with Gasteiger partial charge in [0.1, 0.15) is 5.75 Å². The van der Waals surface area contributed by atoms with E-state index in [9.17, 15) is 4.79 Å². The highest BCUT2D eigenvalue weighted by molar-refractivity contribution is 5.75. The molecule has 1 heterocycles. The van der Waals surface area contributed by atoms with E-state index in [1.54, 1.807) is 7.11 Å². The van der Waals surface area contributed by atoms with E-state index in [4.69, 9.17) is 9.47 Å². The fourth-order valence-corrected chi connectivity index (χ4v) is 2.40. The third-order valence-electron chi connectivity index (χ3n) is 3.77. The van der Waals surface area contributed by atoms with Crippen LogP contribution in [0.5, 0.6) is 5.75 Å². The van der Waals surface area contributed by atoms with Gasteiger partial charge < -0.3 is 14.8 Å². The van der Waals surface area contributed by atoms with Crippen LogP contribution in [-0.2, 0) is 16.1 Å². The summed E-state index contributed by atoms with van der Waals surface area (Å²) in [7, 11) is 1.65. The molecule has 0 spiro atoms. The molecule has 2 rings (SSSR count). The van der Waals surface area contributed by atoms with Crippen molar-refractivity contribution >= 4 is 5.91 Å². The van der Waals surface area contributed by atoms with Crippen LogP contribution in [0, 0.1) is 5.92 Å². The maximum absolute atomic E-state index is 11.8. The van der Waals surface area contributed by atoms with Gasteiger partial charge in [-0.25, -0.2) is 0 Å². The lowest BCUT2D eigenvalue weighted by Crippen LogP contribution is -2.24. The largest absolute Gasteiger partial charge is 0.497 e. The highest BCUT2D eigenvalue weighted by Gasteiger charge is 2.14. The number of rotatable bonds is 6. The van der Waals surface area contributed by atoms with Gasteiger partial charge in [-0.2, -0.15) is 0 Å². The van der Waals surface area contributed by atoms with Crippen molar-refractivity contribution in [1.29, 1.82) is 0 Å². The molecular weight excluding hydrogens is 254 g/mol. The Morgan fingerprint density at radius 3 is 2.65 bits per heavy atom. The van der Waals surface area contributed by atoms with E-state index in [1.165, 1.54) is 0 Å². The molecule has 0 radical (unpaired) electrons. The Labute approximate surface area is 120 Å². The van der Waals surface area contributed by atoms with Crippen LogP contribution in [0.4, 0.5) is 0 Å². The van der Waals surface area contributed by atoms with Crippen molar-refractivity contribution < 1.29 is 14.3 Å². The van der Waals surface area contributed by atoms with Gasteiger partial charge in [0.05, 0.1) is 7.11 Å². The van der Waals surface area contributed by atoms with Gasteiger partial charge in [-0.05, 0) is 42.9 Å². The lowest BCUT2D eigenvalue weighted by Gasteiger charge is -2.21. The summed E-state index contributed by atoms with van der Waals surface area (Å²) in [5.74, 6) is 1.61. The monoisotopic (exact) mass is 277 g/mol. The Hall–Kier alpha value is -1.55. The quantitative estimate of drug-likeness (QED) is 0.869. The Bertz CT molecular complexity index is 410. The van der Waals surface area contributed by atoms with Crippen LogP contribution in [0.25, 0.3) is 0 Å². The van der Waals surface area contributed by atoms with Crippen LogP contribution in [-0.4, -0.2) is 26.2 Å². The minimum absolute atomic E-state index is 0.132. The van der Waals surface area contributed by atoms with Gasteiger partial charge in [0, 0.05) is 26.2 Å². The summed E-state index contributed by atoms with van der Waals surface area (Å²) in [6.45, 7) is 2.27. The number of carbonyl (C=O) groups excluding carboxylic acids is 1. The molecule has 1 saturated heterocycles. The normalized spacial score (nSPS) is 15.8. The van der Waals surface area contributed by atoms with Crippen molar-refractivity contribution in [1.82, 2.24) is 5.32 Å². The first kappa shape index (κ1) is 14.9. The number of hydrogen-bond donors (Lipinski definition) is 1. The van der Waals surface area contributed by atoms with Crippen LogP contribution in [0.2, 0.25) is 0 Å². The van der Waals surface area contributed by atoms with Crippen molar-refractivity contribution in [2.45, 2.75) is 32.2 Å². The zero-order valence-electron chi connectivity index (χ0n) is 12.1. The van der Waals surface area contributed by atoms with E-state index < -0.39 is 0 Å². The molecule has 110 valence electrons. The minimum Gasteiger partial charge on any atom is -0.497 e. The highest BCUT2D eigenvalue weighted by atomic mass is 16.5. The minimum atomic E-state index is 0.132. The maximum Gasteiger partial charge on any atom is 0.220 e. The van der Waals surface area contributed by atoms with Crippen molar-refractivity contribution in [3.63, 3.8) is 0 Å². The molecule has 1 N–H and O–H groups in total. The molecule has 1 aliphatic rings. The second-order valence-electron chi connectivity index (χ2n) is 5.22. The molecule has 0 atom stereocenters. The zero-order valence-corrected chi connectivity index (χ0v) is 12.1. The van der Waals surface area contributed by atoms with Gasteiger partial charge in [-0.15, -0.1) is 0 Å². The van der Waals surface area contributed by atoms with E-state index in [0.29, 0.717) is 18.9 Å². The van der Waals surface area contributed by atoms with Crippen molar-refractivity contribution in [2.24, 2.45) is 5.92 Å². The summed E-state index contributed by atoms with van der Waals surface area (Å²) in [5, 5.41) is 2.97. The second-order valence-corrected chi connectivity index (χ2v) is 5.22. The fraction of sp³-hybridized carbons (Fsp3) is 0.562. The molecular formula is C16H23NO3. The van der Waals surface area contributed by atoms with Crippen LogP contribution < -0.4 is 10.1 Å². The van der Waals surface area contributed by atoms with Crippen molar-refractivity contribution in [2.75, 3.05) is 20.3 Å². The number of amides is 1. The fourth-order valence-electron chi connectivity index (χ4n) is 2.40. The van der Waals surface area contributed by atoms with E-state index >= 15 is 0 Å². The number of benzene rings is 1. The van der Waals surface area contributed by atoms with Gasteiger partial charge in [-0.1, -0.05) is 12.1 Å². The summed E-state index contributed by atoms with van der Waals surface area (Å²) in [4.78, 5) is 11.8. The molecule has 1 aromatic rings. The maximum atomic E-state index is 11.8. The van der Waals surface area contributed by atoms with Crippen LogP contribution in [0.3, 0.4) is 0 Å². The van der Waals surface area contributed by atoms with Gasteiger partial charge >= 0.3 is 0 Å². The number of methoxy groups -OCH3 is 1. The number of ether oxygens (including phenoxy) is 2. The molecule has 1 fully saturated rings. The molecule has 1 amide bonds. The lowest BCUT2D eigenvalue weighted by molar-refractivity contribution is -0.121. The van der Waals surface area contributed by atoms with E-state index in [-0.39, 0.29) is 5.91 Å². The van der Waals surface area contributed by atoms with Gasteiger partial charge in [-0.3, -0.25) is 4.79 Å². The lowest BCUT2D eigenvalue weighted by atomic mass is 9.95. The number of nitrogens with one attached hydrogen (secondary N) is 1. The van der Waals surface area contributed by atoms with Gasteiger partial charge in [0.2, 0.25) is 5.91 Å². The van der Waals surface area contributed by atoms with Crippen LogP contribution in [0.1, 0.15) is 31.2 Å².